The van der Waals surface area contributed by atoms with Crippen molar-refractivity contribution in [2.45, 2.75) is 45.2 Å². The summed E-state index contributed by atoms with van der Waals surface area (Å²) in [5.74, 6) is 0.880. The maximum Gasteiger partial charge on any atom is 0.307 e. The molecule has 1 amide bonds. The number of rotatable bonds is 9. The lowest BCUT2D eigenvalue weighted by Gasteiger charge is -2.28. The number of carbonyl (C=O) groups excluding carboxylic acids is 1. The van der Waals surface area contributed by atoms with Crippen molar-refractivity contribution in [2.24, 2.45) is 0 Å². The van der Waals surface area contributed by atoms with Crippen molar-refractivity contribution >= 4 is 17.2 Å². The predicted molar refractivity (Wildman–Crippen MR) is 112 cm³/mol. The minimum absolute atomic E-state index is 0.0404. The lowest BCUT2D eigenvalue weighted by Crippen LogP contribution is -2.36. The van der Waals surface area contributed by atoms with Crippen molar-refractivity contribution in [3.63, 3.8) is 0 Å². The van der Waals surface area contributed by atoms with Crippen LogP contribution in [0.4, 0.5) is 0 Å². The molecule has 1 N–H and O–H groups in total. The summed E-state index contributed by atoms with van der Waals surface area (Å²) >= 11 is 1.21. The number of aromatic nitrogens is 1. The number of likely N-dealkylation sites (tertiary alicyclic amines) is 1. The quantitative estimate of drug-likeness (QED) is 0.699. The molecule has 1 fully saturated rings. The number of amides is 1. The van der Waals surface area contributed by atoms with Gasteiger partial charge in [0.25, 0.3) is 0 Å². The van der Waals surface area contributed by atoms with E-state index in [4.69, 9.17) is 4.74 Å². The molecule has 0 radical (unpaired) electrons. The third kappa shape index (κ3) is 5.23. The number of nitrogens with one attached hydrogen (secondary N) is 1. The molecule has 1 aromatic heterocycles. The first-order valence-electron chi connectivity index (χ1n) is 9.88. The molecule has 0 spiro atoms. The van der Waals surface area contributed by atoms with E-state index in [1.54, 1.807) is 11.7 Å². The molecule has 1 saturated heterocycles. The molecule has 152 valence electrons. The summed E-state index contributed by atoms with van der Waals surface area (Å²) < 4.78 is 7.00. The average Bonchev–Trinajstić information content (AvgIpc) is 3.34. The third-order valence-corrected chi connectivity index (χ3v) is 6.22. The van der Waals surface area contributed by atoms with Crippen LogP contribution in [0.5, 0.6) is 5.75 Å². The van der Waals surface area contributed by atoms with E-state index in [1.807, 2.05) is 24.4 Å². The zero-order chi connectivity index (χ0) is 19.9. The number of thiazole rings is 1. The van der Waals surface area contributed by atoms with Crippen molar-refractivity contribution in [3.05, 3.63) is 50.6 Å². The highest BCUT2D eigenvalue weighted by molar-refractivity contribution is 7.07. The van der Waals surface area contributed by atoms with Crippen molar-refractivity contribution in [1.29, 1.82) is 0 Å². The Bertz CT molecular complexity index is 822. The first-order chi connectivity index (χ1) is 13.6. The van der Waals surface area contributed by atoms with Gasteiger partial charge in [-0.25, -0.2) is 0 Å². The Labute approximate surface area is 170 Å². The fourth-order valence-corrected chi connectivity index (χ4v) is 4.47. The normalized spacial score (nSPS) is 15.5. The van der Waals surface area contributed by atoms with Gasteiger partial charge in [-0.15, -0.1) is 0 Å². The standard InChI is InChI=1S/C21H29N3O3S/c1-16-15-28-21(26)24(16)13-5-6-20(25)22-14-19(23-11-3-4-12-23)17-7-9-18(27-2)10-8-17/h7-10,15,19H,3-6,11-14H2,1-2H3,(H,22,25). The van der Waals surface area contributed by atoms with Crippen LogP contribution in [0.15, 0.2) is 34.4 Å². The molecular formula is C21H29N3O3S. The molecule has 3 rings (SSSR count). The molecule has 0 saturated carbocycles. The number of ether oxygens (including phenoxy) is 1. The van der Waals surface area contributed by atoms with Gasteiger partial charge in [-0.3, -0.25) is 14.5 Å². The second-order valence-electron chi connectivity index (χ2n) is 7.23. The van der Waals surface area contributed by atoms with E-state index < -0.39 is 0 Å². The summed E-state index contributed by atoms with van der Waals surface area (Å²) in [4.78, 5) is 26.6. The molecule has 1 aromatic carbocycles. The van der Waals surface area contributed by atoms with Crippen molar-refractivity contribution < 1.29 is 9.53 Å². The predicted octanol–water partition coefficient (Wildman–Crippen LogP) is 2.96. The smallest absolute Gasteiger partial charge is 0.307 e. The van der Waals surface area contributed by atoms with Crippen LogP contribution in [-0.4, -0.2) is 42.1 Å². The molecule has 1 aliphatic heterocycles. The van der Waals surface area contributed by atoms with Crippen molar-refractivity contribution in [1.82, 2.24) is 14.8 Å². The lowest BCUT2D eigenvalue weighted by atomic mass is 10.1. The largest absolute Gasteiger partial charge is 0.497 e. The Morgan fingerprint density at radius 1 is 1.25 bits per heavy atom. The first-order valence-corrected chi connectivity index (χ1v) is 10.8. The Balaban J connectivity index is 1.53. The van der Waals surface area contributed by atoms with E-state index in [-0.39, 0.29) is 16.8 Å². The molecule has 0 bridgehead atoms. The summed E-state index contributed by atoms with van der Waals surface area (Å²) in [7, 11) is 1.67. The number of carbonyl (C=O) groups is 1. The summed E-state index contributed by atoms with van der Waals surface area (Å²) in [6.45, 7) is 5.24. The number of aryl methyl sites for hydroxylation is 1. The van der Waals surface area contributed by atoms with E-state index in [1.165, 1.54) is 29.7 Å². The van der Waals surface area contributed by atoms with Gasteiger partial charge >= 0.3 is 4.87 Å². The van der Waals surface area contributed by atoms with Gasteiger partial charge in [0.15, 0.2) is 0 Å². The van der Waals surface area contributed by atoms with Crippen LogP contribution in [-0.2, 0) is 11.3 Å². The minimum atomic E-state index is 0.0404. The van der Waals surface area contributed by atoms with Crippen molar-refractivity contribution in [3.8, 4) is 5.75 Å². The number of nitrogens with zero attached hydrogens (tertiary/aromatic N) is 2. The van der Waals surface area contributed by atoms with Gasteiger partial charge in [0, 0.05) is 30.6 Å². The molecule has 28 heavy (non-hydrogen) atoms. The number of benzene rings is 1. The second kappa shape index (κ2) is 9.89. The van der Waals surface area contributed by atoms with Crippen LogP contribution in [0.3, 0.4) is 0 Å². The van der Waals surface area contributed by atoms with Gasteiger partial charge in [0.1, 0.15) is 5.75 Å². The van der Waals surface area contributed by atoms with Crippen LogP contribution in [0.2, 0.25) is 0 Å². The molecule has 7 heteroatoms. The minimum Gasteiger partial charge on any atom is -0.497 e. The topological polar surface area (TPSA) is 63.6 Å². The highest BCUT2D eigenvalue weighted by atomic mass is 32.1. The van der Waals surface area contributed by atoms with Gasteiger partial charge in [-0.05, 0) is 57.0 Å². The number of hydrogen-bond acceptors (Lipinski definition) is 5. The highest BCUT2D eigenvalue weighted by Gasteiger charge is 2.24. The molecule has 6 nitrogen and oxygen atoms in total. The van der Waals surface area contributed by atoms with Crippen LogP contribution in [0.1, 0.15) is 43.0 Å². The lowest BCUT2D eigenvalue weighted by molar-refractivity contribution is -0.121. The zero-order valence-electron chi connectivity index (χ0n) is 16.6. The SMILES string of the molecule is COc1ccc(C(CNC(=O)CCCn2c(C)csc2=O)N2CCCC2)cc1. The maximum atomic E-state index is 12.4. The highest BCUT2D eigenvalue weighted by Crippen LogP contribution is 2.26. The van der Waals surface area contributed by atoms with Gasteiger partial charge in [0.05, 0.1) is 13.2 Å². The Morgan fingerprint density at radius 2 is 1.96 bits per heavy atom. The third-order valence-electron chi connectivity index (χ3n) is 5.34. The number of methoxy groups -OCH3 is 1. The molecule has 2 aromatic rings. The Morgan fingerprint density at radius 3 is 2.57 bits per heavy atom. The Hall–Kier alpha value is -2.12. The van der Waals surface area contributed by atoms with E-state index >= 15 is 0 Å². The second-order valence-corrected chi connectivity index (χ2v) is 8.05. The molecular weight excluding hydrogens is 374 g/mol. The fourth-order valence-electron chi connectivity index (χ4n) is 3.71. The van der Waals surface area contributed by atoms with Crippen LogP contribution >= 0.6 is 11.3 Å². The Kier molecular flexibility index (Phi) is 7.28. The summed E-state index contributed by atoms with van der Waals surface area (Å²) in [5, 5.41) is 4.96. The molecule has 2 heterocycles. The van der Waals surface area contributed by atoms with Gasteiger partial charge < -0.3 is 14.6 Å². The zero-order valence-corrected chi connectivity index (χ0v) is 17.5. The monoisotopic (exact) mass is 403 g/mol. The van der Waals surface area contributed by atoms with E-state index in [0.29, 0.717) is 25.9 Å². The van der Waals surface area contributed by atoms with E-state index in [0.717, 1.165) is 24.5 Å². The van der Waals surface area contributed by atoms with E-state index in [2.05, 4.69) is 22.3 Å². The van der Waals surface area contributed by atoms with E-state index in [9.17, 15) is 9.59 Å². The molecule has 1 atom stereocenters. The molecule has 1 aliphatic rings. The average molecular weight is 404 g/mol. The van der Waals surface area contributed by atoms with Gasteiger partial charge in [0.2, 0.25) is 5.91 Å². The molecule has 0 aliphatic carbocycles. The first kappa shape index (κ1) is 20.6. The fraction of sp³-hybridized carbons (Fsp3) is 0.524. The van der Waals surface area contributed by atoms with Gasteiger partial charge in [-0.2, -0.15) is 0 Å². The number of hydrogen-bond donors (Lipinski definition) is 1. The van der Waals surface area contributed by atoms with Crippen LogP contribution in [0, 0.1) is 6.92 Å². The van der Waals surface area contributed by atoms with Crippen LogP contribution < -0.4 is 14.9 Å². The maximum absolute atomic E-state index is 12.4. The summed E-state index contributed by atoms with van der Waals surface area (Å²) in [6.07, 6.45) is 3.50. The van der Waals surface area contributed by atoms with Crippen molar-refractivity contribution in [2.75, 3.05) is 26.7 Å². The summed E-state index contributed by atoms with van der Waals surface area (Å²) in [5.41, 5.74) is 2.16. The summed E-state index contributed by atoms with van der Waals surface area (Å²) in [6, 6.07) is 8.29. The van der Waals surface area contributed by atoms with Crippen LogP contribution in [0.25, 0.3) is 0 Å². The molecule has 1 unspecified atom stereocenters. The van der Waals surface area contributed by atoms with Gasteiger partial charge in [-0.1, -0.05) is 23.5 Å².